The number of benzene rings is 1. The van der Waals surface area contributed by atoms with Crippen LogP contribution in [0, 0.1) is 10.1 Å². The van der Waals surface area contributed by atoms with Gasteiger partial charge < -0.3 is 4.90 Å². The summed E-state index contributed by atoms with van der Waals surface area (Å²) in [4.78, 5) is 24.4. The first-order valence-electron chi connectivity index (χ1n) is 6.14. The number of rotatable bonds is 5. The van der Waals surface area contributed by atoms with Gasteiger partial charge in [-0.05, 0) is 34.8 Å². The Morgan fingerprint density at radius 3 is 2.47 bits per heavy atom. The second-order valence-corrected chi connectivity index (χ2v) is 5.08. The maximum atomic E-state index is 12.4. The molecule has 104 valence electrons. The molecule has 1 aromatic carbocycles. The lowest BCUT2D eigenvalue weighted by Gasteiger charge is -2.26. The van der Waals surface area contributed by atoms with Gasteiger partial charge in [-0.15, -0.1) is 0 Å². The molecule has 0 spiro atoms. The second-order valence-electron chi connectivity index (χ2n) is 4.28. The van der Waals surface area contributed by atoms with Crippen LogP contribution in [0.2, 0.25) is 0 Å². The summed E-state index contributed by atoms with van der Waals surface area (Å²) >= 11 is 3.15. The van der Waals surface area contributed by atoms with Crippen LogP contribution >= 0.6 is 15.9 Å². The number of nitrogens with zero attached hydrogens (tertiary/aromatic N) is 2. The van der Waals surface area contributed by atoms with E-state index in [1.54, 1.807) is 18.0 Å². The van der Waals surface area contributed by atoms with Gasteiger partial charge in [0.25, 0.3) is 11.6 Å². The third kappa shape index (κ3) is 3.32. The van der Waals surface area contributed by atoms with Crippen molar-refractivity contribution in [2.24, 2.45) is 0 Å². The van der Waals surface area contributed by atoms with E-state index in [1.165, 1.54) is 12.1 Å². The third-order valence-electron chi connectivity index (χ3n) is 3.22. The Labute approximate surface area is 120 Å². The highest BCUT2D eigenvalue weighted by molar-refractivity contribution is 9.10. The van der Waals surface area contributed by atoms with Gasteiger partial charge in [0.05, 0.1) is 10.5 Å². The fourth-order valence-electron chi connectivity index (χ4n) is 2.02. The Hall–Kier alpha value is -1.43. The molecule has 1 amide bonds. The maximum absolute atomic E-state index is 12.4. The molecule has 0 heterocycles. The molecule has 0 saturated heterocycles. The Balaban J connectivity index is 3.13. The van der Waals surface area contributed by atoms with E-state index >= 15 is 0 Å². The number of hydrogen-bond acceptors (Lipinski definition) is 3. The van der Waals surface area contributed by atoms with Gasteiger partial charge in [-0.3, -0.25) is 14.9 Å². The molecule has 0 bridgehead atoms. The molecule has 1 aromatic rings. The van der Waals surface area contributed by atoms with E-state index < -0.39 is 4.92 Å². The monoisotopic (exact) mass is 328 g/mol. The number of nitro benzene ring substituents is 1. The van der Waals surface area contributed by atoms with Gasteiger partial charge in [0.1, 0.15) is 4.47 Å². The Bertz CT molecular complexity index is 487. The Morgan fingerprint density at radius 2 is 2.00 bits per heavy atom. The minimum atomic E-state index is -0.502. The van der Waals surface area contributed by atoms with E-state index in [0.29, 0.717) is 5.56 Å². The van der Waals surface area contributed by atoms with Gasteiger partial charge in [0.15, 0.2) is 0 Å². The zero-order chi connectivity index (χ0) is 14.6. The van der Waals surface area contributed by atoms with Crippen molar-refractivity contribution in [1.82, 2.24) is 4.90 Å². The molecule has 0 N–H and O–H groups in total. The number of carbonyl (C=O) groups excluding carboxylic acids is 1. The molecule has 0 atom stereocenters. The smallest absolute Gasteiger partial charge is 0.284 e. The molecular formula is C13H17BrN2O3. The fraction of sp³-hybridized carbons (Fsp3) is 0.462. The van der Waals surface area contributed by atoms with Gasteiger partial charge in [0.2, 0.25) is 0 Å². The number of carbonyl (C=O) groups is 1. The van der Waals surface area contributed by atoms with E-state index in [2.05, 4.69) is 15.9 Å². The van der Waals surface area contributed by atoms with Crippen LogP contribution in [0.4, 0.5) is 5.69 Å². The molecule has 19 heavy (non-hydrogen) atoms. The van der Waals surface area contributed by atoms with Gasteiger partial charge in [-0.1, -0.05) is 19.9 Å². The zero-order valence-corrected chi connectivity index (χ0v) is 12.8. The molecule has 6 heteroatoms. The van der Waals surface area contributed by atoms with Crippen LogP contribution in [-0.4, -0.2) is 28.8 Å². The molecule has 1 rings (SSSR count). The van der Waals surface area contributed by atoms with Gasteiger partial charge >= 0.3 is 0 Å². The highest BCUT2D eigenvalue weighted by atomic mass is 79.9. The van der Waals surface area contributed by atoms with Crippen LogP contribution in [-0.2, 0) is 0 Å². The lowest BCUT2D eigenvalue weighted by atomic mass is 10.1. The first-order valence-corrected chi connectivity index (χ1v) is 6.93. The first kappa shape index (κ1) is 15.6. The fourth-order valence-corrected chi connectivity index (χ4v) is 2.60. The third-order valence-corrected chi connectivity index (χ3v) is 4.05. The molecule has 0 aliphatic heterocycles. The van der Waals surface area contributed by atoms with Crippen molar-refractivity contribution in [2.75, 3.05) is 7.05 Å². The summed E-state index contributed by atoms with van der Waals surface area (Å²) in [6.07, 6.45) is 1.70. The standard InChI is InChI=1S/C13H17BrN2O3/c1-4-9(5-2)15(3)13(17)10-7-6-8-11(12(10)14)16(18)19/h6-9H,4-5H2,1-3H3. The van der Waals surface area contributed by atoms with Crippen molar-refractivity contribution in [3.05, 3.63) is 38.3 Å². The largest absolute Gasteiger partial charge is 0.339 e. The minimum absolute atomic E-state index is 0.0937. The van der Waals surface area contributed by atoms with Crippen molar-refractivity contribution in [3.63, 3.8) is 0 Å². The van der Waals surface area contributed by atoms with Gasteiger partial charge in [-0.2, -0.15) is 0 Å². The normalized spacial score (nSPS) is 10.6. The molecule has 0 radical (unpaired) electrons. The summed E-state index contributed by atoms with van der Waals surface area (Å²) in [7, 11) is 1.73. The van der Waals surface area contributed by atoms with Crippen molar-refractivity contribution in [2.45, 2.75) is 32.7 Å². The van der Waals surface area contributed by atoms with E-state index in [4.69, 9.17) is 0 Å². The highest BCUT2D eigenvalue weighted by Crippen LogP contribution is 2.29. The van der Waals surface area contributed by atoms with E-state index in [9.17, 15) is 14.9 Å². The van der Waals surface area contributed by atoms with Crippen molar-refractivity contribution in [3.8, 4) is 0 Å². The van der Waals surface area contributed by atoms with Crippen LogP contribution in [0.25, 0.3) is 0 Å². The van der Waals surface area contributed by atoms with E-state index in [1.807, 2.05) is 13.8 Å². The van der Waals surface area contributed by atoms with E-state index in [-0.39, 0.29) is 22.1 Å². The molecule has 0 unspecified atom stereocenters. The van der Waals surface area contributed by atoms with Crippen LogP contribution in [0.1, 0.15) is 37.0 Å². The lowest BCUT2D eigenvalue weighted by Crippen LogP contribution is -2.36. The Kier molecular flexibility index (Phi) is 5.47. The van der Waals surface area contributed by atoms with Crippen molar-refractivity contribution >= 4 is 27.5 Å². The van der Waals surface area contributed by atoms with Gasteiger partial charge in [0, 0.05) is 19.2 Å². The predicted octanol–water partition coefficient (Wildman–Crippen LogP) is 3.62. The molecule has 0 aliphatic rings. The second kappa shape index (κ2) is 6.65. The minimum Gasteiger partial charge on any atom is -0.339 e. The van der Waals surface area contributed by atoms with Crippen LogP contribution < -0.4 is 0 Å². The topological polar surface area (TPSA) is 63.5 Å². The molecule has 0 aliphatic carbocycles. The highest BCUT2D eigenvalue weighted by Gasteiger charge is 2.24. The quantitative estimate of drug-likeness (QED) is 0.612. The summed E-state index contributed by atoms with van der Waals surface area (Å²) in [5, 5.41) is 10.9. The Morgan fingerprint density at radius 1 is 1.42 bits per heavy atom. The molecule has 0 fully saturated rings. The lowest BCUT2D eigenvalue weighted by molar-refractivity contribution is -0.385. The molecule has 0 aromatic heterocycles. The van der Waals surface area contributed by atoms with Crippen molar-refractivity contribution in [1.29, 1.82) is 0 Å². The average molecular weight is 329 g/mol. The number of hydrogen-bond donors (Lipinski definition) is 0. The molecule has 5 nitrogen and oxygen atoms in total. The van der Waals surface area contributed by atoms with Crippen LogP contribution in [0.5, 0.6) is 0 Å². The SMILES string of the molecule is CCC(CC)N(C)C(=O)c1cccc([N+](=O)[O-])c1Br. The molecule has 0 saturated carbocycles. The van der Waals surface area contributed by atoms with E-state index in [0.717, 1.165) is 12.8 Å². The maximum Gasteiger partial charge on any atom is 0.284 e. The number of halogens is 1. The van der Waals surface area contributed by atoms with Crippen LogP contribution in [0.3, 0.4) is 0 Å². The van der Waals surface area contributed by atoms with Gasteiger partial charge in [-0.25, -0.2) is 0 Å². The zero-order valence-electron chi connectivity index (χ0n) is 11.2. The van der Waals surface area contributed by atoms with Crippen molar-refractivity contribution < 1.29 is 9.72 Å². The summed E-state index contributed by atoms with van der Waals surface area (Å²) in [5.41, 5.74) is 0.229. The predicted molar refractivity (Wildman–Crippen MR) is 77.3 cm³/mol. The summed E-state index contributed by atoms with van der Waals surface area (Å²) in [6.45, 7) is 4.03. The number of nitro groups is 1. The summed E-state index contributed by atoms with van der Waals surface area (Å²) in [6, 6.07) is 4.63. The van der Waals surface area contributed by atoms with Crippen LogP contribution in [0.15, 0.2) is 22.7 Å². The molecular weight excluding hydrogens is 312 g/mol. The average Bonchev–Trinajstić information content (AvgIpc) is 2.39. The summed E-state index contributed by atoms with van der Waals surface area (Å²) in [5.74, 6) is -0.204. The number of amides is 1. The first-order chi connectivity index (χ1) is 8.93. The summed E-state index contributed by atoms with van der Waals surface area (Å²) < 4.78 is 0.239.